The van der Waals surface area contributed by atoms with Crippen molar-refractivity contribution in [2.45, 2.75) is 50.4 Å². The van der Waals surface area contributed by atoms with E-state index in [1.165, 1.54) is 0 Å². The van der Waals surface area contributed by atoms with Crippen LogP contribution in [0.2, 0.25) is 0 Å². The van der Waals surface area contributed by atoms with E-state index in [0.29, 0.717) is 30.4 Å². The van der Waals surface area contributed by atoms with Gasteiger partial charge in [-0.2, -0.15) is 0 Å². The number of carboxylic acids is 1. The lowest BCUT2D eigenvalue weighted by Gasteiger charge is -2.56. The Labute approximate surface area is 145 Å². The van der Waals surface area contributed by atoms with E-state index < -0.39 is 52.4 Å². The van der Waals surface area contributed by atoms with Crippen LogP contribution in [0.3, 0.4) is 0 Å². The molecule has 1 spiro atoms. The van der Waals surface area contributed by atoms with Crippen molar-refractivity contribution in [3.8, 4) is 0 Å². The molecule has 6 aliphatic rings. The van der Waals surface area contributed by atoms with Crippen molar-refractivity contribution in [1.29, 1.82) is 0 Å². The van der Waals surface area contributed by atoms with E-state index in [9.17, 15) is 24.9 Å². The van der Waals surface area contributed by atoms with E-state index >= 15 is 0 Å². The summed E-state index contributed by atoms with van der Waals surface area (Å²) in [5, 5.41) is 31.7. The van der Waals surface area contributed by atoms with Crippen LogP contribution < -0.4 is 0 Å². The molecule has 4 bridgehead atoms. The number of rotatable bonds is 1. The summed E-state index contributed by atoms with van der Waals surface area (Å²) < 4.78 is 5.95. The number of aliphatic carboxylic acids is 1. The molecule has 0 aromatic heterocycles. The fraction of sp³-hybridized carbons (Fsp3) is 0.684. The summed E-state index contributed by atoms with van der Waals surface area (Å²) >= 11 is 0. The Morgan fingerprint density at radius 2 is 2.04 bits per heavy atom. The Balaban J connectivity index is 1.85. The third-order valence-electron chi connectivity index (χ3n) is 8.07. The maximum atomic E-state index is 12.8. The molecule has 6 nitrogen and oxygen atoms in total. The first kappa shape index (κ1) is 15.6. The Bertz CT molecular complexity index is 770. The molecule has 6 heteroatoms. The number of aliphatic hydroxyl groups is 2. The van der Waals surface area contributed by atoms with E-state index in [2.05, 4.69) is 6.58 Å². The summed E-state index contributed by atoms with van der Waals surface area (Å²) in [6.07, 6.45) is 2.20. The Morgan fingerprint density at radius 1 is 1.32 bits per heavy atom. The fourth-order valence-electron chi connectivity index (χ4n) is 6.96. The standard InChI is InChI=1S/C19H22O6/c1-8-9-3-5-18(14(8)21)10(7-9)12(15(22)23)13-17(2)11(20)4-6-19(13,18)25-16(17)24/h7,9,11-14,20-21H,1,3-6H2,2H3,(H,22,23)/t9-,11-,12-,13-,14+,17-,18-,19+/m1/s1. The number of ether oxygens (including phenoxy) is 1. The van der Waals surface area contributed by atoms with Crippen LogP contribution >= 0.6 is 0 Å². The summed E-state index contributed by atoms with van der Waals surface area (Å²) in [6, 6.07) is 0. The van der Waals surface area contributed by atoms with Crippen molar-refractivity contribution in [2.75, 3.05) is 0 Å². The maximum Gasteiger partial charge on any atom is 0.315 e. The molecular weight excluding hydrogens is 324 g/mol. The van der Waals surface area contributed by atoms with Crippen LogP contribution in [-0.4, -0.2) is 45.1 Å². The topological polar surface area (TPSA) is 104 Å². The highest BCUT2D eigenvalue weighted by atomic mass is 16.6. The minimum Gasteiger partial charge on any atom is -0.481 e. The zero-order chi connectivity index (χ0) is 17.9. The molecule has 8 atom stereocenters. The van der Waals surface area contributed by atoms with Crippen molar-refractivity contribution >= 4 is 11.9 Å². The number of esters is 1. The Hall–Kier alpha value is -1.66. The molecule has 1 aliphatic heterocycles. The van der Waals surface area contributed by atoms with Crippen LogP contribution in [0.1, 0.15) is 32.6 Å². The number of fused-ring (bicyclic) bond motifs is 2. The number of allylic oxidation sites excluding steroid dienone is 1. The summed E-state index contributed by atoms with van der Waals surface area (Å²) in [5.41, 5.74) is -1.87. The molecule has 134 valence electrons. The van der Waals surface area contributed by atoms with Crippen LogP contribution in [0.4, 0.5) is 0 Å². The second kappa shape index (κ2) is 4.18. The summed E-state index contributed by atoms with van der Waals surface area (Å²) in [7, 11) is 0. The van der Waals surface area contributed by atoms with Crippen molar-refractivity contribution in [3.05, 3.63) is 23.8 Å². The molecule has 0 aromatic carbocycles. The molecule has 5 aliphatic carbocycles. The summed E-state index contributed by atoms with van der Waals surface area (Å²) in [6.45, 7) is 5.67. The van der Waals surface area contributed by atoms with Crippen LogP contribution in [0, 0.1) is 28.6 Å². The number of carboxylic acid groups (broad SMARTS) is 1. The second-order valence-electron chi connectivity index (χ2n) is 8.63. The van der Waals surface area contributed by atoms with Crippen LogP contribution in [0.15, 0.2) is 23.8 Å². The molecule has 0 radical (unpaired) electrons. The van der Waals surface area contributed by atoms with Gasteiger partial charge in [-0.15, -0.1) is 0 Å². The van der Waals surface area contributed by atoms with Gasteiger partial charge in [-0.3, -0.25) is 9.59 Å². The summed E-state index contributed by atoms with van der Waals surface area (Å²) in [4.78, 5) is 25.0. The molecule has 3 saturated carbocycles. The number of carbonyl (C=O) groups is 2. The average molecular weight is 346 g/mol. The fourth-order valence-corrected chi connectivity index (χ4v) is 6.96. The number of carbonyl (C=O) groups excluding carboxylic acids is 1. The van der Waals surface area contributed by atoms with Crippen molar-refractivity contribution in [2.24, 2.45) is 28.6 Å². The average Bonchev–Trinajstić information content (AvgIpc) is 2.92. The lowest BCUT2D eigenvalue weighted by Crippen LogP contribution is -2.61. The molecule has 0 amide bonds. The van der Waals surface area contributed by atoms with Gasteiger partial charge in [0.2, 0.25) is 0 Å². The van der Waals surface area contributed by atoms with Crippen molar-refractivity contribution < 1.29 is 29.6 Å². The Kier molecular flexibility index (Phi) is 2.60. The minimum atomic E-state index is -1.26. The first-order valence-corrected chi connectivity index (χ1v) is 8.95. The molecule has 3 N–H and O–H groups in total. The van der Waals surface area contributed by atoms with Gasteiger partial charge in [0.05, 0.1) is 29.0 Å². The molecule has 0 aromatic rings. The van der Waals surface area contributed by atoms with E-state index in [0.717, 1.165) is 6.42 Å². The first-order valence-electron chi connectivity index (χ1n) is 8.95. The SMILES string of the molecule is C=C1[C@H]2C=C3[C@@H](C(=O)O)[C@@H]4[C@]5(C)C(=O)O[C@]4(CC[C@H]5O)[C@@]3(CC2)[C@H]1O. The summed E-state index contributed by atoms with van der Waals surface area (Å²) in [5.74, 6) is -3.16. The Morgan fingerprint density at radius 3 is 2.72 bits per heavy atom. The van der Waals surface area contributed by atoms with Gasteiger partial charge in [-0.1, -0.05) is 12.7 Å². The molecule has 1 saturated heterocycles. The molecular formula is C19H22O6. The van der Waals surface area contributed by atoms with Crippen LogP contribution in [0.5, 0.6) is 0 Å². The maximum absolute atomic E-state index is 12.8. The molecule has 4 fully saturated rings. The normalized spacial score (nSPS) is 55.5. The quantitative estimate of drug-likeness (QED) is 0.484. The van der Waals surface area contributed by atoms with Gasteiger partial charge < -0.3 is 20.1 Å². The third kappa shape index (κ3) is 1.30. The second-order valence-corrected chi connectivity index (χ2v) is 8.63. The van der Waals surface area contributed by atoms with Gasteiger partial charge in [0.15, 0.2) is 0 Å². The largest absolute Gasteiger partial charge is 0.481 e. The molecule has 0 unspecified atom stereocenters. The smallest absolute Gasteiger partial charge is 0.315 e. The van der Waals surface area contributed by atoms with Gasteiger partial charge >= 0.3 is 11.9 Å². The lowest BCUT2D eigenvalue weighted by atomic mass is 9.50. The van der Waals surface area contributed by atoms with E-state index in [-0.39, 0.29) is 5.92 Å². The predicted molar refractivity (Wildman–Crippen MR) is 85.2 cm³/mol. The van der Waals surface area contributed by atoms with Gasteiger partial charge in [0.1, 0.15) is 5.60 Å². The first-order chi connectivity index (χ1) is 11.7. The van der Waals surface area contributed by atoms with Gasteiger partial charge in [0.25, 0.3) is 0 Å². The van der Waals surface area contributed by atoms with Crippen LogP contribution in [0.25, 0.3) is 0 Å². The van der Waals surface area contributed by atoms with Crippen molar-refractivity contribution in [1.82, 2.24) is 0 Å². The highest BCUT2D eigenvalue weighted by Crippen LogP contribution is 2.77. The molecule has 25 heavy (non-hydrogen) atoms. The number of hydrogen-bond acceptors (Lipinski definition) is 5. The zero-order valence-corrected chi connectivity index (χ0v) is 14.1. The number of aliphatic hydroxyl groups excluding tert-OH is 2. The highest BCUT2D eigenvalue weighted by Gasteiger charge is 2.84. The van der Waals surface area contributed by atoms with E-state index in [4.69, 9.17) is 4.74 Å². The van der Waals surface area contributed by atoms with E-state index in [1.54, 1.807) is 6.92 Å². The zero-order valence-electron chi connectivity index (χ0n) is 14.1. The number of hydrogen-bond donors (Lipinski definition) is 3. The van der Waals surface area contributed by atoms with Gasteiger partial charge in [0, 0.05) is 11.8 Å². The third-order valence-corrected chi connectivity index (χ3v) is 8.07. The van der Waals surface area contributed by atoms with Crippen LogP contribution in [-0.2, 0) is 14.3 Å². The predicted octanol–water partition coefficient (Wildman–Crippen LogP) is 1.03. The van der Waals surface area contributed by atoms with Gasteiger partial charge in [-0.25, -0.2) is 0 Å². The van der Waals surface area contributed by atoms with Gasteiger partial charge in [-0.05, 0) is 43.8 Å². The van der Waals surface area contributed by atoms with Crippen molar-refractivity contribution in [3.63, 3.8) is 0 Å². The monoisotopic (exact) mass is 346 g/mol. The highest BCUT2D eigenvalue weighted by molar-refractivity contribution is 5.87. The minimum absolute atomic E-state index is 0.0303. The van der Waals surface area contributed by atoms with E-state index in [1.807, 2.05) is 6.08 Å². The molecule has 1 heterocycles. The lowest BCUT2D eigenvalue weighted by molar-refractivity contribution is -0.174. The molecule has 6 rings (SSSR count).